The van der Waals surface area contributed by atoms with Crippen molar-refractivity contribution in [2.24, 2.45) is 5.73 Å². The summed E-state index contributed by atoms with van der Waals surface area (Å²) in [6.07, 6.45) is 0. The molecule has 4 nitrogen and oxygen atoms in total. The molecule has 0 atom stereocenters. The van der Waals surface area contributed by atoms with Gasteiger partial charge >= 0.3 is 0 Å². The van der Waals surface area contributed by atoms with Gasteiger partial charge in [-0.1, -0.05) is 12.1 Å². The average molecular weight is 280 g/mol. The van der Waals surface area contributed by atoms with E-state index in [0.29, 0.717) is 23.4 Å². The van der Waals surface area contributed by atoms with E-state index in [0.717, 1.165) is 11.1 Å². The van der Waals surface area contributed by atoms with Crippen LogP contribution in [0.15, 0.2) is 42.5 Å². The number of benzene rings is 2. The van der Waals surface area contributed by atoms with Gasteiger partial charge in [0.15, 0.2) is 0 Å². The number of hydrogen-bond donors (Lipinski definition) is 1. The van der Waals surface area contributed by atoms with Crippen molar-refractivity contribution in [3.05, 3.63) is 65.2 Å². The van der Waals surface area contributed by atoms with Crippen molar-refractivity contribution in [1.29, 1.82) is 5.26 Å². The van der Waals surface area contributed by atoms with Crippen LogP contribution in [0.25, 0.3) is 11.0 Å². The minimum Gasteiger partial charge on any atom is -0.324 e. The summed E-state index contributed by atoms with van der Waals surface area (Å²) in [5.74, 6) is 0.397. The molecule has 0 bridgehead atoms. The van der Waals surface area contributed by atoms with Crippen LogP contribution in [0, 0.1) is 17.1 Å². The summed E-state index contributed by atoms with van der Waals surface area (Å²) in [4.78, 5) is 4.37. The first kappa shape index (κ1) is 13.3. The van der Waals surface area contributed by atoms with Gasteiger partial charge in [-0.05, 0) is 29.8 Å². The van der Waals surface area contributed by atoms with Gasteiger partial charge < -0.3 is 10.3 Å². The molecular formula is C16H13FN4. The molecule has 0 aliphatic carbocycles. The Morgan fingerprint density at radius 1 is 1.19 bits per heavy atom. The zero-order valence-corrected chi connectivity index (χ0v) is 11.3. The van der Waals surface area contributed by atoms with Gasteiger partial charge in [0.05, 0.1) is 29.2 Å². The van der Waals surface area contributed by atoms with Crippen molar-refractivity contribution in [1.82, 2.24) is 9.55 Å². The van der Waals surface area contributed by atoms with E-state index in [2.05, 4.69) is 11.1 Å². The fourth-order valence-corrected chi connectivity index (χ4v) is 2.35. The molecule has 0 saturated heterocycles. The Morgan fingerprint density at radius 3 is 2.62 bits per heavy atom. The highest BCUT2D eigenvalue weighted by Gasteiger charge is 2.10. The van der Waals surface area contributed by atoms with Gasteiger partial charge in [-0.15, -0.1) is 0 Å². The summed E-state index contributed by atoms with van der Waals surface area (Å²) < 4.78 is 15.2. The monoisotopic (exact) mass is 280 g/mol. The third-order valence-corrected chi connectivity index (χ3v) is 3.40. The lowest BCUT2D eigenvalue weighted by atomic mass is 10.1. The number of halogens is 1. The highest BCUT2D eigenvalue weighted by atomic mass is 19.1. The van der Waals surface area contributed by atoms with Gasteiger partial charge in [0.25, 0.3) is 0 Å². The maximum absolute atomic E-state index is 13.3. The quantitative estimate of drug-likeness (QED) is 0.801. The van der Waals surface area contributed by atoms with E-state index in [4.69, 9.17) is 11.0 Å². The Kier molecular flexibility index (Phi) is 3.38. The number of rotatable bonds is 3. The number of nitrogens with two attached hydrogens (primary N) is 1. The highest BCUT2D eigenvalue weighted by molar-refractivity contribution is 5.76. The lowest BCUT2D eigenvalue weighted by Gasteiger charge is -2.08. The molecular weight excluding hydrogens is 267 g/mol. The summed E-state index contributed by atoms with van der Waals surface area (Å²) in [5.41, 5.74) is 8.84. The van der Waals surface area contributed by atoms with Crippen LogP contribution in [0.3, 0.4) is 0 Å². The maximum Gasteiger partial charge on any atom is 0.125 e. The first-order valence-electron chi connectivity index (χ1n) is 6.55. The first-order chi connectivity index (χ1) is 10.2. The van der Waals surface area contributed by atoms with Crippen LogP contribution in [0.4, 0.5) is 4.39 Å². The normalized spacial score (nSPS) is 10.7. The fourth-order valence-electron chi connectivity index (χ4n) is 2.35. The topological polar surface area (TPSA) is 67.6 Å². The zero-order chi connectivity index (χ0) is 14.8. The molecule has 0 saturated carbocycles. The third kappa shape index (κ3) is 2.49. The summed E-state index contributed by atoms with van der Waals surface area (Å²) in [6.45, 7) is 0.868. The van der Waals surface area contributed by atoms with Gasteiger partial charge in [0, 0.05) is 12.6 Å². The number of imidazole rings is 1. The van der Waals surface area contributed by atoms with E-state index in [1.165, 1.54) is 12.1 Å². The summed E-state index contributed by atoms with van der Waals surface area (Å²) >= 11 is 0. The Morgan fingerprint density at radius 2 is 1.95 bits per heavy atom. The average Bonchev–Trinajstić information content (AvgIpc) is 2.85. The molecule has 3 aromatic rings. The molecule has 5 heteroatoms. The van der Waals surface area contributed by atoms with Crippen LogP contribution >= 0.6 is 0 Å². The van der Waals surface area contributed by atoms with E-state index in [1.807, 2.05) is 16.7 Å². The second-order valence-corrected chi connectivity index (χ2v) is 4.76. The smallest absolute Gasteiger partial charge is 0.125 e. The number of aromatic nitrogens is 2. The number of hydrogen-bond acceptors (Lipinski definition) is 3. The lowest BCUT2D eigenvalue weighted by molar-refractivity contribution is 0.629. The van der Waals surface area contributed by atoms with Crippen LogP contribution in [0.5, 0.6) is 0 Å². The predicted octanol–water partition coefficient (Wildman–Crippen LogP) is 2.55. The summed E-state index contributed by atoms with van der Waals surface area (Å²) in [7, 11) is 0. The van der Waals surface area contributed by atoms with Crippen molar-refractivity contribution >= 4 is 11.0 Å². The molecule has 21 heavy (non-hydrogen) atoms. The predicted molar refractivity (Wildman–Crippen MR) is 77.8 cm³/mol. The van der Waals surface area contributed by atoms with Crippen LogP contribution < -0.4 is 5.73 Å². The van der Waals surface area contributed by atoms with Gasteiger partial charge in [-0.25, -0.2) is 9.37 Å². The Bertz CT molecular complexity index is 828. The van der Waals surface area contributed by atoms with E-state index >= 15 is 0 Å². The van der Waals surface area contributed by atoms with Crippen molar-refractivity contribution < 1.29 is 4.39 Å². The number of nitrogens with zero attached hydrogens (tertiary/aromatic N) is 3. The molecule has 2 N–H and O–H groups in total. The molecule has 3 rings (SSSR count). The molecule has 0 unspecified atom stereocenters. The van der Waals surface area contributed by atoms with Crippen molar-refractivity contribution in [3.63, 3.8) is 0 Å². The Balaban J connectivity index is 2.04. The SMILES string of the molecule is N#Cc1ccc(Cn2c(CN)nc3cc(F)ccc32)cc1. The summed E-state index contributed by atoms with van der Waals surface area (Å²) in [6, 6.07) is 14.0. The number of fused-ring (bicyclic) bond motifs is 1. The van der Waals surface area contributed by atoms with Crippen LogP contribution in [-0.2, 0) is 13.1 Å². The first-order valence-corrected chi connectivity index (χ1v) is 6.55. The maximum atomic E-state index is 13.3. The molecule has 0 aliphatic heterocycles. The molecule has 2 aromatic carbocycles. The van der Waals surface area contributed by atoms with E-state index in [-0.39, 0.29) is 12.4 Å². The largest absolute Gasteiger partial charge is 0.324 e. The second-order valence-electron chi connectivity index (χ2n) is 4.76. The minimum absolute atomic E-state index is 0.284. The zero-order valence-electron chi connectivity index (χ0n) is 11.3. The number of nitriles is 1. The molecule has 1 aromatic heterocycles. The van der Waals surface area contributed by atoms with Crippen molar-refractivity contribution in [2.45, 2.75) is 13.1 Å². The Hall–Kier alpha value is -2.71. The highest BCUT2D eigenvalue weighted by Crippen LogP contribution is 2.19. The minimum atomic E-state index is -0.311. The molecule has 1 heterocycles. The van der Waals surface area contributed by atoms with Gasteiger partial charge in [0.2, 0.25) is 0 Å². The van der Waals surface area contributed by atoms with Crippen molar-refractivity contribution in [2.75, 3.05) is 0 Å². The van der Waals surface area contributed by atoms with Crippen LogP contribution in [0.1, 0.15) is 17.0 Å². The van der Waals surface area contributed by atoms with Gasteiger partial charge in [0.1, 0.15) is 11.6 Å². The Labute approximate surface area is 121 Å². The van der Waals surface area contributed by atoms with E-state index in [9.17, 15) is 4.39 Å². The van der Waals surface area contributed by atoms with Gasteiger partial charge in [-0.3, -0.25) is 0 Å². The molecule has 0 fully saturated rings. The van der Waals surface area contributed by atoms with E-state index in [1.54, 1.807) is 18.2 Å². The van der Waals surface area contributed by atoms with Gasteiger partial charge in [-0.2, -0.15) is 5.26 Å². The molecule has 0 spiro atoms. The fraction of sp³-hybridized carbons (Fsp3) is 0.125. The van der Waals surface area contributed by atoms with Crippen LogP contribution in [0.2, 0.25) is 0 Å². The molecule has 0 radical (unpaired) electrons. The third-order valence-electron chi connectivity index (χ3n) is 3.40. The standard InChI is InChI=1S/C16H13FN4/c17-13-5-6-15-14(7-13)20-16(9-19)21(15)10-12-3-1-11(8-18)2-4-12/h1-7H,9-10,19H2. The van der Waals surface area contributed by atoms with E-state index < -0.39 is 0 Å². The molecule has 0 aliphatic rings. The molecule has 0 amide bonds. The van der Waals surface area contributed by atoms with Crippen molar-refractivity contribution in [3.8, 4) is 6.07 Å². The lowest BCUT2D eigenvalue weighted by Crippen LogP contribution is -2.09. The summed E-state index contributed by atoms with van der Waals surface area (Å²) in [5, 5.41) is 8.82. The van der Waals surface area contributed by atoms with Crippen LogP contribution in [-0.4, -0.2) is 9.55 Å². The molecule has 104 valence electrons. The second kappa shape index (κ2) is 5.35.